The minimum absolute atomic E-state index is 0.0373. The molecule has 4 aromatic rings. The van der Waals surface area contributed by atoms with Crippen LogP contribution in [0, 0.1) is 6.92 Å². The molecule has 1 saturated carbocycles. The minimum atomic E-state index is -0.384. The fraction of sp³-hybridized carbons (Fsp3) is 0.303. The Labute approximate surface area is 220 Å². The highest BCUT2D eigenvalue weighted by molar-refractivity contribution is 5.93. The van der Waals surface area contributed by atoms with Gasteiger partial charge in [0.25, 0.3) is 0 Å². The fourth-order valence-corrected chi connectivity index (χ4v) is 6.09. The van der Waals surface area contributed by atoms with Gasteiger partial charge in [-0.3, -0.25) is 4.79 Å². The summed E-state index contributed by atoms with van der Waals surface area (Å²) in [5.41, 5.74) is 6.60. The number of nitrogens with zero attached hydrogens (tertiary/aromatic N) is 2. The molecule has 1 aromatic heterocycles. The van der Waals surface area contributed by atoms with Crippen molar-refractivity contribution in [2.24, 2.45) is 0 Å². The van der Waals surface area contributed by atoms with E-state index in [4.69, 9.17) is 0 Å². The molecule has 1 fully saturated rings. The summed E-state index contributed by atoms with van der Waals surface area (Å²) >= 11 is 0. The first-order valence-corrected chi connectivity index (χ1v) is 13.3. The number of nitrogens with one attached hydrogen (secondary N) is 1. The normalized spacial score (nSPS) is 20.1. The van der Waals surface area contributed by atoms with Crippen LogP contribution in [-0.2, 0) is 10.3 Å². The molecule has 0 aliphatic heterocycles. The molecule has 1 amide bonds. The quantitative estimate of drug-likeness (QED) is 0.295. The molecule has 1 heterocycles. The van der Waals surface area contributed by atoms with E-state index in [2.05, 4.69) is 79.4 Å². The van der Waals surface area contributed by atoms with Gasteiger partial charge in [0.1, 0.15) is 0 Å². The third-order valence-corrected chi connectivity index (χ3v) is 8.37. The number of amides is 1. The first-order chi connectivity index (χ1) is 17.9. The van der Waals surface area contributed by atoms with Crippen LogP contribution in [0.2, 0.25) is 0 Å². The molecule has 0 radical (unpaired) electrons. The monoisotopic (exact) mass is 491 g/mol. The Morgan fingerprint density at radius 2 is 1.54 bits per heavy atom. The molecule has 0 atom stereocenters. The molecular weight excluding hydrogens is 454 g/mol. The van der Waals surface area contributed by atoms with E-state index in [0.29, 0.717) is 6.04 Å². The van der Waals surface area contributed by atoms with Gasteiger partial charge in [-0.25, -0.2) is 0 Å². The van der Waals surface area contributed by atoms with Crippen LogP contribution in [0.4, 0.5) is 0 Å². The molecule has 4 nitrogen and oxygen atoms in total. The molecule has 1 aliphatic rings. The van der Waals surface area contributed by atoms with E-state index < -0.39 is 0 Å². The number of carbonyl (C=O) groups is 1. The van der Waals surface area contributed by atoms with Crippen molar-refractivity contribution in [1.82, 2.24) is 14.8 Å². The Balaban J connectivity index is 1.59. The smallest absolute Gasteiger partial charge is 0.247 e. The molecule has 1 N–H and O–H groups in total. The van der Waals surface area contributed by atoms with Crippen LogP contribution in [-0.4, -0.2) is 47.9 Å². The topological polar surface area (TPSA) is 39.3 Å². The van der Waals surface area contributed by atoms with Crippen LogP contribution in [0.25, 0.3) is 28.2 Å². The molecule has 0 saturated heterocycles. The van der Waals surface area contributed by atoms with Crippen molar-refractivity contribution in [3.8, 4) is 11.3 Å². The van der Waals surface area contributed by atoms with E-state index in [0.717, 1.165) is 42.5 Å². The Morgan fingerprint density at radius 1 is 0.892 bits per heavy atom. The summed E-state index contributed by atoms with van der Waals surface area (Å²) in [6, 6.07) is 27.7. The summed E-state index contributed by atoms with van der Waals surface area (Å²) in [4.78, 5) is 21.7. The highest BCUT2D eigenvalue weighted by Gasteiger charge is 2.43. The van der Waals surface area contributed by atoms with Gasteiger partial charge in [-0.2, -0.15) is 0 Å². The molecule has 0 unspecified atom stereocenters. The number of H-pyrrole nitrogens is 1. The van der Waals surface area contributed by atoms with Crippen LogP contribution in [0.15, 0.2) is 84.9 Å². The summed E-state index contributed by atoms with van der Waals surface area (Å²) in [7, 11) is 6.32. The van der Waals surface area contributed by atoms with Crippen LogP contribution in [0.5, 0.6) is 0 Å². The van der Waals surface area contributed by atoms with Crippen molar-refractivity contribution in [3.05, 3.63) is 102 Å². The lowest BCUT2D eigenvalue weighted by Gasteiger charge is -2.48. The zero-order valence-electron chi connectivity index (χ0n) is 22.4. The van der Waals surface area contributed by atoms with Gasteiger partial charge in [0.05, 0.1) is 5.54 Å². The lowest BCUT2D eigenvalue weighted by molar-refractivity contribution is -0.132. The lowest BCUT2D eigenvalue weighted by Crippen LogP contribution is -2.51. The molecule has 1 aliphatic carbocycles. The zero-order valence-corrected chi connectivity index (χ0v) is 22.4. The first-order valence-electron chi connectivity index (χ1n) is 13.3. The van der Waals surface area contributed by atoms with Crippen LogP contribution in [0.1, 0.15) is 42.4 Å². The SMILES string of the molecule is Cc1c(-c2ccccc2C2(N(C)C(=O)/C=C/c3ccccc3)CCC(N(C)C)CC2)[nH]c2ccccc12. The predicted octanol–water partition coefficient (Wildman–Crippen LogP) is 7.01. The van der Waals surface area contributed by atoms with E-state index >= 15 is 0 Å². The van der Waals surface area contributed by atoms with Gasteiger partial charge in [0.2, 0.25) is 5.91 Å². The summed E-state index contributed by atoms with van der Waals surface area (Å²) in [6.07, 6.45) is 7.60. The van der Waals surface area contributed by atoms with Crippen molar-refractivity contribution in [1.29, 1.82) is 0 Å². The summed E-state index contributed by atoms with van der Waals surface area (Å²) in [6.45, 7) is 2.19. The second kappa shape index (κ2) is 10.4. The number of rotatable bonds is 6. The predicted molar refractivity (Wildman–Crippen MR) is 154 cm³/mol. The maximum atomic E-state index is 13.7. The van der Waals surface area contributed by atoms with Crippen LogP contribution < -0.4 is 0 Å². The highest BCUT2D eigenvalue weighted by atomic mass is 16.2. The van der Waals surface area contributed by atoms with Gasteiger partial charge in [-0.15, -0.1) is 0 Å². The van der Waals surface area contributed by atoms with E-state index in [1.165, 1.54) is 22.1 Å². The van der Waals surface area contributed by atoms with Crippen LogP contribution in [0.3, 0.4) is 0 Å². The van der Waals surface area contributed by atoms with Crippen molar-refractivity contribution >= 4 is 22.9 Å². The first kappa shape index (κ1) is 25.0. The van der Waals surface area contributed by atoms with Crippen LogP contribution >= 0.6 is 0 Å². The fourth-order valence-electron chi connectivity index (χ4n) is 6.09. The van der Waals surface area contributed by atoms with Crippen molar-refractivity contribution in [2.75, 3.05) is 21.1 Å². The average Bonchev–Trinajstić information content (AvgIpc) is 3.28. The molecule has 3 aromatic carbocycles. The Kier molecular flexibility index (Phi) is 7.03. The number of para-hydroxylation sites is 1. The highest BCUT2D eigenvalue weighted by Crippen LogP contribution is 2.47. The number of likely N-dealkylation sites (N-methyl/N-ethyl adjacent to an activating group) is 1. The van der Waals surface area contributed by atoms with E-state index in [1.807, 2.05) is 48.4 Å². The molecule has 4 heteroatoms. The van der Waals surface area contributed by atoms with E-state index in [-0.39, 0.29) is 11.4 Å². The third-order valence-electron chi connectivity index (χ3n) is 8.37. The maximum Gasteiger partial charge on any atom is 0.247 e. The second-order valence-corrected chi connectivity index (χ2v) is 10.6. The van der Waals surface area contributed by atoms with Gasteiger partial charge in [0, 0.05) is 41.3 Å². The zero-order chi connectivity index (χ0) is 26.0. The molecule has 37 heavy (non-hydrogen) atoms. The summed E-state index contributed by atoms with van der Waals surface area (Å²) in [5.74, 6) is 0.0373. The number of aromatic amines is 1. The minimum Gasteiger partial charge on any atom is -0.354 e. The Morgan fingerprint density at radius 3 is 2.24 bits per heavy atom. The van der Waals surface area contributed by atoms with Crippen molar-refractivity contribution in [3.63, 3.8) is 0 Å². The van der Waals surface area contributed by atoms with Gasteiger partial charge < -0.3 is 14.8 Å². The Bertz CT molecular complexity index is 1410. The Hall–Kier alpha value is -3.63. The second-order valence-electron chi connectivity index (χ2n) is 10.6. The molecule has 5 rings (SSSR count). The van der Waals surface area contributed by atoms with Crippen molar-refractivity contribution in [2.45, 2.75) is 44.2 Å². The van der Waals surface area contributed by atoms with Gasteiger partial charge in [-0.05, 0) is 75.5 Å². The number of aryl methyl sites for hydroxylation is 1. The molecule has 0 spiro atoms. The number of hydrogen-bond donors (Lipinski definition) is 1. The summed E-state index contributed by atoms with van der Waals surface area (Å²) < 4.78 is 0. The summed E-state index contributed by atoms with van der Waals surface area (Å²) in [5, 5.41) is 1.24. The van der Waals surface area contributed by atoms with Crippen molar-refractivity contribution < 1.29 is 4.79 Å². The number of hydrogen-bond acceptors (Lipinski definition) is 2. The molecule has 0 bridgehead atoms. The van der Waals surface area contributed by atoms with Gasteiger partial charge in [0.15, 0.2) is 0 Å². The number of carbonyl (C=O) groups excluding carboxylic acids is 1. The van der Waals surface area contributed by atoms with Gasteiger partial charge >= 0.3 is 0 Å². The average molecular weight is 492 g/mol. The lowest BCUT2D eigenvalue weighted by atomic mass is 9.71. The number of fused-ring (bicyclic) bond motifs is 1. The largest absolute Gasteiger partial charge is 0.354 e. The maximum absolute atomic E-state index is 13.7. The van der Waals surface area contributed by atoms with E-state index in [9.17, 15) is 4.79 Å². The number of benzene rings is 3. The standard InChI is InChI=1S/C33H37N3O/c1-24-27-14-9-11-17-30(27)34-32(24)28-15-8-10-16-29(28)33(22-20-26(21-23-33)35(2)3)36(4)31(37)19-18-25-12-6-5-7-13-25/h5-19,26,34H,20-23H2,1-4H3/b19-18+. The molecule has 190 valence electrons. The number of aromatic nitrogens is 1. The third kappa shape index (κ3) is 4.74. The van der Waals surface area contributed by atoms with Gasteiger partial charge in [-0.1, -0.05) is 72.8 Å². The molecular formula is C33H37N3O. The van der Waals surface area contributed by atoms with E-state index in [1.54, 1.807) is 6.08 Å².